The molecular weight excluding hydrogens is 302 g/mol. The molecule has 6 nitrogen and oxygen atoms in total. The Morgan fingerprint density at radius 1 is 1.21 bits per heavy atom. The summed E-state index contributed by atoms with van der Waals surface area (Å²) in [5.41, 5.74) is 3.56. The van der Waals surface area contributed by atoms with E-state index in [2.05, 4.69) is 29.3 Å². The van der Waals surface area contributed by atoms with Crippen LogP contribution < -0.4 is 5.32 Å². The summed E-state index contributed by atoms with van der Waals surface area (Å²) >= 11 is 0. The molecule has 6 heteroatoms. The Bertz CT molecular complexity index is 725. The summed E-state index contributed by atoms with van der Waals surface area (Å²) < 4.78 is 1.87. The number of aryl methyl sites for hydroxylation is 1. The van der Waals surface area contributed by atoms with Gasteiger partial charge in [0.15, 0.2) is 0 Å². The zero-order valence-electron chi connectivity index (χ0n) is 14.8. The molecule has 1 fully saturated rings. The molecule has 1 atom stereocenters. The van der Waals surface area contributed by atoms with Crippen LogP contribution >= 0.6 is 0 Å². The van der Waals surface area contributed by atoms with E-state index < -0.39 is 0 Å². The van der Waals surface area contributed by atoms with E-state index >= 15 is 0 Å². The number of aromatic nitrogens is 2. The number of piperazine rings is 1. The zero-order valence-corrected chi connectivity index (χ0v) is 14.8. The predicted molar refractivity (Wildman–Crippen MR) is 95.7 cm³/mol. The van der Waals surface area contributed by atoms with Gasteiger partial charge in [-0.15, -0.1) is 0 Å². The summed E-state index contributed by atoms with van der Waals surface area (Å²) in [5, 5.41) is 7.65. The first-order chi connectivity index (χ1) is 11.5. The van der Waals surface area contributed by atoms with Gasteiger partial charge in [0.2, 0.25) is 0 Å². The van der Waals surface area contributed by atoms with Crippen LogP contribution in [0.15, 0.2) is 30.3 Å². The van der Waals surface area contributed by atoms with E-state index in [9.17, 15) is 4.79 Å². The molecule has 1 saturated heterocycles. The number of para-hydroxylation sites is 1. The number of nitrogens with one attached hydrogen (secondary N) is 1. The van der Waals surface area contributed by atoms with Gasteiger partial charge in [-0.1, -0.05) is 18.2 Å². The Hall–Kier alpha value is -2.34. The number of amides is 2. The number of anilines is 1. The maximum Gasteiger partial charge on any atom is 0.322 e. The molecule has 1 aliphatic rings. The van der Waals surface area contributed by atoms with Crippen LogP contribution in [-0.4, -0.2) is 58.3 Å². The molecule has 24 heavy (non-hydrogen) atoms. The Balaban J connectivity index is 1.81. The molecule has 1 aromatic carbocycles. The van der Waals surface area contributed by atoms with Crippen molar-refractivity contribution in [3.05, 3.63) is 41.7 Å². The van der Waals surface area contributed by atoms with E-state index in [1.165, 1.54) is 0 Å². The van der Waals surface area contributed by atoms with Gasteiger partial charge >= 0.3 is 6.03 Å². The van der Waals surface area contributed by atoms with Gasteiger partial charge in [-0.2, -0.15) is 5.10 Å². The molecule has 128 valence electrons. The minimum absolute atomic E-state index is 0.0468. The van der Waals surface area contributed by atoms with E-state index in [4.69, 9.17) is 0 Å². The average molecular weight is 327 g/mol. The van der Waals surface area contributed by atoms with E-state index in [1.807, 2.05) is 53.8 Å². The van der Waals surface area contributed by atoms with Crippen molar-refractivity contribution < 1.29 is 4.79 Å². The monoisotopic (exact) mass is 327 g/mol. The second-order valence-electron chi connectivity index (χ2n) is 6.53. The first-order valence-corrected chi connectivity index (χ1v) is 8.35. The second-order valence-corrected chi connectivity index (χ2v) is 6.53. The smallest absolute Gasteiger partial charge is 0.319 e. The van der Waals surface area contributed by atoms with Gasteiger partial charge in [-0.05, 0) is 40.0 Å². The van der Waals surface area contributed by atoms with Gasteiger partial charge in [0, 0.05) is 25.7 Å². The Morgan fingerprint density at radius 2 is 1.92 bits per heavy atom. The Labute approximate surface area is 143 Å². The van der Waals surface area contributed by atoms with Crippen LogP contribution in [-0.2, 0) is 0 Å². The first-order valence-electron chi connectivity index (χ1n) is 8.35. The van der Waals surface area contributed by atoms with Crippen molar-refractivity contribution >= 4 is 11.7 Å². The molecule has 1 unspecified atom stereocenters. The van der Waals surface area contributed by atoms with E-state index in [1.54, 1.807) is 0 Å². The minimum Gasteiger partial charge on any atom is -0.319 e. The molecule has 0 bridgehead atoms. The molecule has 0 saturated carbocycles. The summed E-state index contributed by atoms with van der Waals surface area (Å²) in [5.74, 6) is 0. The molecule has 1 aliphatic heterocycles. The lowest BCUT2D eigenvalue weighted by molar-refractivity contribution is 0.125. The van der Waals surface area contributed by atoms with E-state index in [0.29, 0.717) is 0 Å². The number of carbonyl (C=O) groups is 1. The number of carbonyl (C=O) groups excluding carboxylic acids is 1. The molecule has 1 N–H and O–H groups in total. The molecule has 0 radical (unpaired) electrons. The van der Waals surface area contributed by atoms with Crippen molar-refractivity contribution in [1.82, 2.24) is 19.6 Å². The minimum atomic E-state index is -0.0468. The number of benzene rings is 1. The van der Waals surface area contributed by atoms with Gasteiger partial charge in [-0.3, -0.25) is 0 Å². The maximum atomic E-state index is 12.7. The van der Waals surface area contributed by atoms with Crippen LogP contribution in [0.25, 0.3) is 5.69 Å². The van der Waals surface area contributed by atoms with E-state index in [-0.39, 0.29) is 12.1 Å². The van der Waals surface area contributed by atoms with Crippen molar-refractivity contribution in [3.8, 4) is 5.69 Å². The Morgan fingerprint density at radius 3 is 2.58 bits per heavy atom. The quantitative estimate of drug-likeness (QED) is 0.922. The average Bonchev–Trinajstić information content (AvgIpc) is 2.83. The standard InChI is InChI=1S/C18H25N5O/c1-13-12-21(4)10-11-22(13)18(24)19-17-14(2)20-23(15(17)3)16-8-6-5-7-9-16/h5-9,13H,10-12H2,1-4H3,(H,19,24). The topological polar surface area (TPSA) is 53.4 Å². The summed E-state index contributed by atoms with van der Waals surface area (Å²) in [6.07, 6.45) is 0. The van der Waals surface area contributed by atoms with Crippen molar-refractivity contribution in [1.29, 1.82) is 0 Å². The Kier molecular flexibility index (Phi) is 4.57. The highest BCUT2D eigenvalue weighted by atomic mass is 16.2. The molecule has 2 amide bonds. The van der Waals surface area contributed by atoms with Gasteiger partial charge < -0.3 is 15.1 Å². The molecule has 3 rings (SSSR count). The lowest BCUT2D eigenvalue weighted by Crippen LogP contribution is -2.54. The molecule has 2 heterocycles. The number of nitrogens with zero attached hydrogens (tertiary/aromatic N) is 4. The van der Waals surface area contributed by atoms with Crippen molar-refractivity contribution in [2.75, 3.05) is 32.0 Å². The second kappa shape index (κ2) is 6.65. The summed E-state index contributed by atoms with van der Waals surface area (Å²) in [6, 6.07) is 10.1. The van der Waals surface area contributed by atoms with Crippen molar-refractivity contribution in [3.63, 3.8) is 0 Å². The summed E-state index contributed by atoms with van der Waals surface area (Å²) in [6.45, 7) is 8.54. The SMILES string of the molecule is Cc1nn(-c2ccccc2)c(C)c1NC(=O)N1CCN(C)CC1C. The maximum absolute atomic E-state index is 12.7. The molecule has 0 spiro atoms. The largest absolute Gasteiger partial charge is 0.322 e. The van der Waals surface area contributed by atoms with Crippen molar-refractivity contribution in [2.45, 2.75) is 26.8 Å². The highest BCUT2D eigenvalue weighted by molar-refractivity contribution is 5.91. The van der Waals surface area contributed by atoms with E-state index in [0.717, 1.165) is 42.4 Å². The first kappa shape index (κ1) is 16.5. The number of likely N-dealkylation sites (N-methyl/N-ethyl adjacent to an activating group) is 1. The summed E-state index contributed by atoms with van der Waals surface area (Å²) in [7, 11) is 2.09. The highest BCUT2D eigenvalue weighted by Gasteiger charge is 2.27. The predicted octanol–water partition coefficient (Wildman–Crippen LogP) is 2.66. The lowest BCUT2D eigenvalue weighted by Gasteiger charge is -2.38. The highest BCUT2D eigenvalue weighted by Crippen LogP contribution is 2.23. The van der Waals surface area contributed by atoms with Gasteiger partial charge in [0.25, 0.3) is 0 Å². The molecule has 2 aromatic rings. The van der Waals surface area contributed by atoms with Crippen LogP contribution in [0.4, 0.5) is 10.5 Å². The number of urea groups is 1. The fourth-order valence-electron chi connectivity index (χ4n) is 3.26. The van der Waals surface area contributed by atoms with Gasteiger partial charge in [0.05, 0.1) is 22.8 Å². The van der Waals surface area contributed by atoms with Crippen LogP contribution in [0.3, 0.4) is 0 Å². The number of hydrogen-bond acceptors (Lipinski definition) is 3. The van der Waals surface area contributed by atoms with Crippen LogP contribution in [0.2, 0.25) is 0 Å². The van der Waals surface area contributed by atoms with Gasteiger partial charge in [-0.25, -0.2) is 9.48 Å². The van der Waals surface area contributed by atoms with Crippen LogP contribution in [0.1, 0.15) is 18.3 Å². The zero-order chi connectivity index (χ0) is 17.3. The normalized spacial score (nSPS) is 18.7. The summed E-state index contributed by atoms with van der Waals surface area (Å²) in [4.78, 5) is 16.8. The third-order valence-electron chi connectivity index (χ3n) is 4.62. The molecular formula is C18H25N5O. The lowest BCUT2D eigenvalue weighted by atomic mass is 10.2. The molecule has 1 aromatic heterocycles. The van der Waals surface area contributed by atoms with Gasteiger partial charge in [0.1, 0.15) is 0 Å². The third-order valence-corrected chi connectivity index (χ3v) is 4.62. The van der Waals surface area contributed by atoms with Crippen LogP contribution in [0, 0.1) is 13.8 Å². The number of hydrogen-bond donors (Lipinski definition) is 1. The molecule has 0 aliphatic carbocycles. The third kappa shape index (κ3) is 3.14. The van der Waals surface area contributed by atoms with Crippen LogP contribution in [0.5, 0.6) is 0 Å². The fourth-order valence-corrected chi connectivity index (χ4v) is 3.26. The van der Waals surface area contributed by atoms with Crippen molar-refractivity contribution in [2.24, 2.45) is 0 Å². The fraction of sp³-hybridized carbons (Fsp3) is 0.444. The number of rotatable bonds is 2.